The second-order valence-electron chi connectivity index (χ2n) is 6.83. The maximum atomic E-state index is 13.0. The lowest BCUT2D eigenvalue weighted by Gasteiger charge is -2.31. The fourth-order valence-corrected chi connectivity index (χ4v) is 4.32. The first-order valence-electron chi connectivity index (χ1n) is 9.14. The minimum atomic E-state index is -3.73. The standard InChI is InChI=1S/C21H26N2O5S/c1-6-18(20(24)22-17-9-7-8-16(13-17)21(25)28-4)23(29(5,26)27)19-12-14(2)10-11-15(19)3/h7-13,18H,6H2,1-5H3,(H,22,24). The Morgan fingerprint density at radius 3 is 2.41 bits per heavy atom. The van der Waals surface area contributed by atoms with E-state index in [1.807, 2.05) is 19.1 Å². The number of anilines is 2. The Kier molecular flexibility index (Phi) is 7.02. The lowest BCUT2D eigenvalue weighted by molar-refractivity contribution is -0.117. The summed E-state index contributed by atoms with van der Waals surface area (Å²) in [7, 11) is -2.46. The van der Waals surface area contributed by atoms with Crippen LogP contribution < -0.4 is 9.62 Å². The predicted molar refractivity (Wildman–Crippen MR) is 114 cm³/mol. The molecule has 0 fully saturated rings. The Morgan fingerprint density at radius 2 is 1.83 bits per heavy atom. The fraction of sp³-hybridized carbons (Fsp3) is 0.333. The van der Waals surface area contributed by atoms with Crippen LogP contribution in [-0.2, 0) is 19.6 Å². The molecule has 1 unspecified atom stereocenters. The van der Waals surface area contributed by atoms with E-state index < -0.39 is 27.9 Å². The van der Waals surface area contributed by atoms with Crippen LogP contribution in [0.3, 0.4) is 0 Å². The van der Waals surface area contributed by atoms with Crippen LogP contribution in [0.2, 0.25) is 0 Å². The van der Waals surface area contributed by atoms with E-state index >= 15 is 0 Å². The predicted octanol–water partition coefficient (Wildman–Crippen LogP) is 3.27. The number of rotatable bonds is 7. The molecule has 0 aromatic heterocycles. The zero-order valence-electron chi connectivity index (χ0n) is 17.2. The molecule has 0 saturated heterocycles. The Morgan fingerprint density at radius 1 is 1.14 bits per heavy atom. The average Bonchev–Trinajstić information content (AvgIpc) is 2.66. The quantitative estimate of drug-likeness (QED) is 0.697. The summed E-state index contributed by atoms with van der Waals surface area (Å²) >= 11 is 0. The second-order valence-corrected chi connectivity index (χ2v) is 8.69. The number of esters is 1. The molecular weight excluding hydrogens is 392 g/mol. The van der Waals surface area contributed by atoms with E-state index in [1.54, 1.807) is 38.1 Å². The molecule has 0 bridgehead atoms. The van der Waals surface area contributed by atoms with Crippen LogP contribution in [0.5, 0.6) is 0 Å². The molecule has 0 radical (unpaired) electrons. The van der Waals surface area contributed by atoms with Crippen LogP contribution >= 0.6 is 0 Å². The van der Waals surface area contributed by atoms with Gasteiger partial charge in [0.05, 0.1) is 24.6 Å². The van der Waals surface area contributed by atoms with Gasteiger partial charge < -0.3 is 10.1 Å². The van der Waals surface area contributed by atoms with Crippen molar-refractivity contribution in [3.8, 4) is 0 Å². The van der Waals surface area contributed by atoms with E-state index in [1.165, 1.54) is 13.2 Å². The van der Waals surface area contributed by atoms with Crippen molar-refractivity contribution in [2.75, 3.05) is 23.0 Å². The average molecular weight is 419 g/mol. The molecule has 0 spiro atoms. The van der Waals surface area contributed by atoms with Crippen LogP contribution in [0.15, 0.2) is 42.5 Å². The van der Waals surface area contributed by atoms with E-state index in [-0.39, 0.29) is 12.0 Å². The van der Waals surface area contributed by atoms with Gasteiger partial charge in [-0.15, -0.1) is 0 Å². The van der Waals surface area contributed by atoms with Crippen molar-refractivity contribution in [1.82, 2.24) is 0 Å². The van der Waals surface area contributed by atoms with Crippen molar-refractivity contribution in [2.45, 2.75) is 33.2 Å². The minimum Gasteiger partial charge on any atom is -0.465 e. The van der Waals surface area contributed by atoms with Crippen molar-refractivity contribution < 1.29 is 22.7 Å². The summed E-state index contributed by atoms with van der Waals surface area (Å²) in [5, 5.41) is 2.72. The summed E-state index contributed by atoms with van der Waals surface area (Å²) in [6, 6.07) is 10.8. The van der Waals surface area contributed by atoms with Crippen LogP contribution in [0, 0.1) is 13.8 Å². The number of nitrogens with zero attached hydrogens (tertiary/aromatic N) is 1. The van der Waals surface area contributed by atoms with Gasteiger partial charge in [-0.3, -0.25) is 9.10 Å². The van der Waals surface area contributed by atoms with Crippen molar-refractivity contribution in [3.05, 3.63) is 59.2 Å². The number of hydrogen-bond donors (Lipinski definition) is 1. The van der Waals surface area contributed by atoms with Gasteiger partial charge in [0.15, 0.2) is 0 Å². The van der Waals surface area contributed by atoms with Crippen LogP contribution in [0.25, 0.3) is 0 Å². The molecule has 7 nitrogen and oxygen atoms in total. The molecule has 0 aliphatic carbocycles. The molecule has 0 saturated carbocycles. The fourth-order valence-electron chi connectivity index (χ4n) is 3.06. The van der Waals surface area contributed by atoms with E-state index in [2.05, 4.69) is 5.32 Å². The van der Waals surface area contributed by atoms with Crippen LogP contribution in [0.1, 0.15) is 34.8 Å². The van der Waals surface area contributed by atoms with Gasteiger partial charge in [-0.2, -0.15) is 0 Å². The number of aryl methyl sites for hydroxylation is 2. The maximum absolute atomic E-state index is 13.0. The molecule has 2 aromatic carbocycles. The lowest BCUT2D eigenvalue weighted by Crippen LogP contribution is -2.47. The molecule has 1 N–H and O–H groups in total. The molecule has 1 amide bonds. The highest BCUT2D eigenvalue weighted by atomic mass is 32.2. The normalized spacial score (nSPS) is 12.2. The smallest absolute Gasteiger partial charge is 0.337 e. The monoisotopic (exact) mass is 418 g/mol. The Bertz CT molecular complexity index is 1020. The van der Waals surface area contributed by atoms with Gasteiger partial charge in [0.2, 0.25) is 15.9 Å². The summed E-state index contributed by atoms with van der Waals surface area (Å²) in [6.07, 6.45) is 1.35. The number of carbonyl (C=O) groups is 2. The summed E-state index contributed by atoms with van der Waals surface area (Å²) in [6.45, 7) is 5.42. The summed E-state index contributed by atoms with van der Waals surface area (Å²) in [5.41, 5.74) is 2.77. The highest BCUT2D eigenvalue weighted by Crippen LogP contribution is 2.28. The molecule has 0 aliphatic rings. The number of nitrogens with one attached hydrogen (secondary N) is 1. The third-order valence-electron chi connectivity index (χ3n) is 4.48. The zero-order chi connectivity index (χ0) is 21.8. The largest absolute Gasteiger partial charge is 0.465 e. The SMILES string of the molecule is CCC(C(=O)Nc1cccc(C(=O)OC)c1)N(c1cc(C)ccc1C)S(C)(=O)=O. The second kappa shape index (κ2) is 9.09. The van der Waals surface area contributed by atoms with Gasteiger partial charge in [-0.05, 0) is 55.7 Å². The Hall–Kier alpha value is -2.87. The van der Waals surface area contributed by atoms with Crippen molar-refractivity contribution in [2.24, 2.45) is 0 Å². The highest BCUT2D eigenvalue weighted by Gasteiger charge is 2.32. The van der Waals surface area contributed by atoms with Gasteiger partial charge in [0.25, 0.3) is 0 Å². The number of amides is 1. The summed E-state index contributed by atoms with van der Waals surface area (Å²) < 4.78 is 31.1. The molecule has 8 heteroatoms. The van der Waals surface area contributed by atoms with E-state index in [4.69, 9.17) is 4.74 Å². The van der Waals surface area contributed by atoms with Gasteiger partial charge in [0.1, 0.15) is 6.04 Å². The van der Waals surface area contributed by atoms with Gasteiger partial charge in [-0.1, -0.05) is 25.1 Å². The Balaban J connectivity index is 2.42. The highest BCUT2D eigenvalue weighted by molar-refractivity contribution is 7.92. The first-order chi connectivity index (χ1) is 13.6. The van der Waals surface area contributed by atoms with Gasteiger partial charge in [0, 0.05) is 5.69 Å². The van der Waals surface area contributed by atoms with Crippen LogP contribution in [-0.4, -0.2) is 39.7 Å². The maximum Gasteiger partial charge on any atom is 0.337 e. The molecule has 0 aliphatic heterocycles. The number of benzene rings is 2. The third kappa shape index (κ3) is 5.35. The third-order valence-corrected chi connectivity index (χ3v) is 5.65. The van der Waals surface area contributed by atoms with Crippen LogP contribution in [0.4, 0.5) is 11.4 Å². The first kappa shape index (κ1) is 22.4. The van der Waals surface area contributed by atoms with E-state index in [0.29, 0.717) is 11.4 Å². The molecule has 2 aromatic rings. The molecule has 0 heterocycles. The molecule has 1 atom stereocenters. The van der Waals surface area contributed by atoms with Gasteiger partial charge >= 0.3 is 5.97 Å². The summed E-state index contributed by atoms with van der Waals surface area (Å²) in [4.78, 5) is 24.7. The number of methoxy groups -OCH3 is 1. The molecular formula is C21H26N2O5S. The van der Waals surface area contributed by atoms with Crippen molar-refractivity contribution >= 4 is 33.3 Å². The molecule has 156 valence electrons. The number of carbonyl (C=O) groups excluding carboxylic acids is 2. The minimum absolute atomic E-state index is 0.267. The van der Waals surface area contributed by atoms with E-state index in [9.17, 15) is 18.0 Å². The van der Waals surface area contributed by atoms with Crippen molar-refractivity contribution in [3.63, 3.8) is 0 Å². The summed E-state index contributed by atoms with van der Waals surface area (Å²) in [5.74, 6) is -1.01. The first-order valence-corrected chi connectivity index (χ1v) is 11.0. The number of hydrogen-bond acceptors (Lipinski definition) is 5. The Labute approximate surface area is 171 Å². The number of sulfonamides is 1. The zero-order valence-corrected chi connectivity index (χ0v) is 18.0. The topological polar surface area (TPSA) is 92.8 Å². The lowest BCUT2D eigenvalue weighted by atomic mass is 10.1. The number of ether oxygens (including phenoxy) is 1. The van der Waals surface area contributed by atoms with Gasteiger partial charge in [-0.25, -0.2) is 13.2 Å². The molecule has 2 rings (SSSR count). The van der Waals surface area contributed by atoms with Crippen molar-refractivity contribution in [1.29, 1.82) is 0 Å². The van der Waals surface area contributed by atoms with E-state index in [0.717, 1.165) is 21.7 Å². The molecule has 29 heavy (non-hydrogen) atoms.